The van der Waals surface area contributed by atoms with Gasteiger partial charge in [0.25, 0.3) is 0 Å². The summed E-state index contributed by atoms with van der Waals surface area (Å²) < 4.78 is 2.21. The van der Waals surface area contributed by atoms with E-state index in [-0.39, 0.29) is 22.9 Å². The SMILES string of the molecule is Cc1nnc2n1-c1sc3c(c1C(c1ccccc1Cl)=NC21CC1)C[C@H](C(=O)NC1(C)CC1)C3. The molecule has 168 valence electrons. The number of benzene rings is 1. The number of rotatable bonds is 3. The van der Waals surface area contributed by atoms with E-state index in [1.54, 1.807) is 11.3 Å². The van der Waals surface area contributed by atoms with Crippen LogP contribution in [0.1, 0.15) is 65.8 Å². The van der Waals surface area contributed by atoms with E-state index in [2.05, 4.69) is 33.1 Å². The Morgan fingerprint density at radius 2 is 1.97 bits per heavy atom. The molecule has 1 aliphatic heterocycles. The average molecular weight is 478 g/mol. The number of carbonyl (C=O) groups excluding carboxylic acids is 1. The lowest BCUT2D eigenvalue weighted by Crippen LogP contribution is -2.39. The molecule has 33 heavy (non-hydrogen) atoms. The van der Waals surface area contributed by atoms with Crippen LogP contribution in [0.25, 0.3) is 5.00 Å². The second-order valence-electron chi connectivity index (χ2n) is 10.2. The van der Waals surface area contributed by atoms with Crippen LogP contribution in [0.2, 0.25) is 5.02 Å². The third-order valence-electron chi connectivity index (χ3n) is 7.61. The molecule has 2 saturated carbocycles. The first-order valence-corrected chi connectivity index (χ1v) is 12.8. The van der Waals surface area contributed by atoms with Crippen molar-refractivity contribution in [3.05, 3.63) is 62.5 Å². The molecule has 4 aliphatic rings. The van der Waals surface area contributed by atoms with Gasteiger partial charge in [-0.2, -0.15) is 0 Å². The van der Waals surface area contributed by atoms with E-state index < -0.39 is 0 Å². The van der Waals surface area contributed by atoms with Crippen molar-refractivity contribution < 1.29 is 4.79 Å². The summed E-state index contributed by atoms with van der Waals surface area (Å²) in [5.41, 5.74) is 3.90. The van der Waals surface area contributed by atoms with Gasteiger partial charge in [0.2, 0.25) is 5.91 Å². The highest BCUT2D eigenvalue weighted by Crippen LogP contribution is 2.54. The van der Waals surface area contributed by atoms with Gasteiger partial charge in [-0.1, -0.05) is 29.8 Å². The fourth-order valence-electron chi connectivity index (χ4n) is 5.25. The maximum Gasteiger partial charge on any atom is 0.224 e. The van der Waals surface area contributed by atoms with Crippen LogP contribution in [0.15, 0.2) is 29.3 Å². The predicted molar refractivity (Wildman–Crippen MR) is 129 cm³/mol. The number of carbonyl (C=O) groups is 1. The monoisotopic (exact) mass is 477 g/mol. The minimum atomic E-state index is -0.336. The van der Waals surface area contributed by atoms with Crippen molar-refractivity contribution in [2.24, 2.45) is 10.9 Å². The molecule has 1 N–H and O–H groups in total. The molecule has 3 aliphatic carbocycles. The molecule has 3 heterocycles. The minimum Gasteiger partial charge on any atom is -0.351 e. The smallest absolute Gasteiger partial charge is 0.224 e. The number of halogens is 1. The van der Waals surface area contributed by atoms with Crippen molar-refractivity contribution in [1.29, 1.82) is 0 Å². The first-order chi connectivity index (χ1) is 15.9. The topological polar surface area (TPSA) is 72.2 Å². The molecule has 1 spiro atoms. The molecule has 1 aromatic carbocycles. The standard InChI is InChI=1S/C25H24ClN5OS/c1-13-29-30-23-25(9-10-25)27-20(15-5-3-4-6-17(15)26)19-16-11-14(21(32)28-24(2)7-8-24)12-18(16)33-22(19)31(13)23/h3-6,14H,7-12H2,1-2H3,(H,28,32)/t14-/m0/s1. The predicted octanol–water partition coefficient (Wildman–Crippen LogP) is 4.51. The summed E-state index contributed by atoms with van der Waals surface area (Å²) in [4.78, 5) is 19.7. The summed E-state index contributed by atoms with van der Waals surface area (Å²) in [5, 5.41) is 14.1. The Hall–Kier alpha value is -2.51. The number of thiophene rings is 1. The number of nitrogens with one attached hydrogen (secondary N) is 1. The molecule has 3 aromatic rings. The Morgan fingerprint density at radius 1 is 1.18 bits per heavy atom. The third-order valence-corrected chi connectivity index (χ3v) is 9.18. The molecule has 8 heteroatoms. The van der Waals surface area contributed by atoms with E-state index in [0.29, 0.717) is 5.02 Å². The van der Waals surface area contributed by atoms with Gasteiger partial charge in [0.15, 0.2) is 5.82 Å². The second-order valence-corrected chi connectivity index (χ2v) is 11.7. The number of amides is 1. The van der Waals surface area contributed by atoms with Crippen LogP contribution >= 0.6 is 22.9 Å². The van der Waals surface area contributed by atoms with Crippen LogP contribution in [0.3, 0.4) is 0 Å². The minimum absolute atomic E-state index is 0.00103. The molecule has 2 aromatic heterocycles. The number of aliphatic imine (C=N–C) groups is 1. The zero-order valence-electron chi connectivity index (χ0n) is 18.6. The van der Waals surface area contributed by atoms with Gasteiger partial charge in [0, 0.05) is 32.5 Å². The van der Waals surface area contributed by atoms with Gasteiger partial charge in [-0.05, 0) is 64.0 Å². The molecule has 6 nitrogen and oxygen atoms in total. The number of nitrogens with zero attached hydrogens (tertiary/aromatic N) is 4. The Morgan fingerprint density at radius 3 is 2.70 bits per heavy atom. The summed E-state index contributed by atoms with van der Waals surface area (Å²) in [5.74, 6) is 1.96. The van der Waals surface area contributed by atoms with Crippen LogP contribution < -0.4 is 5.32 Å². The molecule has 0 radical (unpaired) electrons. The largest absolute Gasteiger partial charge is 0.351 e. The average Bonchev–Trinajstić information content (AvgIpc) is 3.58. The maximum absolute atomic E-state index is 13.1. The molecule has 7 rings (SSSR count). The zero-order chi connectivity index (χ0) is 22.5. The molecule has 1 amide bonds. The van der Waals surface area contributed by atoms with Crippen molar-refractivity contribution in [1.82, 2.24) is 20.1 Å². The van der Waals surface area contributed by atoms with E-state index in [0.717, 1.165) is 72.0 Å². The lowest BCUT2D eigenvalue weighted by molar-refractivity contribution is -0.125. The summed E-state index contributed by atoms with van der Waals surface area (Å²) in [6.07, 6.45) is 5.57. The Bertz CT molecular complexity index is 1380. The normalized spacial score (nSPS) is 22.8. The molecule has 0 bridgehead atoms. The summed E-state index contributed by atoms with van der Waals surface area (Å²) in [6, 6.07) is 7.94. The number of hydrogen-bond donors (Lipinski definition) is 1. The first-order valence-electron chi connectivity index (χ1n) is 11.6. The molecule has 0 saturated heterocycles. The van der Waals surface area contributed by atoms with Crippen LogP contribution in [0, 0.1) is 12.8 Å². The Balaban J connectivity index is 1.40. The second kappa shape index (κ2) is 6.54. The number of aryl methyl sites for hydroxylation is 1. The summed E-state index contributed by atoms with van der Waals surface area (Å²) in [6.45, 7) is 4.14. The van der Waals surface area contributed by atoms with Gasteiger partial charge in [0.1, 0.15) is 16.4 Å². The van der Waals surface area contributed by atoms with Crippen molar-refractivity contribution in [2.45, 2.75) is 63.5 Å². The number of hydrogen-bond acceptors (Lipinski definition) is 5. The third kappa shape index (κ3) is 2.91. The van der Waals surface area contributed by atoms with Gasteiger partial charge in [0.05, 0.1) is 5.71 Å². The molecule has 1 atom stereocenters. The van der Waals surface area contributed by atoms with E-state index >= 15 is 0 Å². The van der Waals surface area contributed by atoms with Gasteiger partial charge >= 0.3 is 0 Å². The van der Waals surface area contributed by atoms with Gasteiger partial charge < -0.3 is 5.32 Å². The van der Waals surface area contributed by atoms with E-state index in [1.807, 2.05) is 25.1 Å². The molecular weight excluding hydrogens is 454 g/mol. The van der Waals surface area contributed by atoms with Crippen molar-refractivity contribution in [3.63, 3.8) is 0 Å². The lowest BCUT2D eigenvalue weighted by Gasteiger charge is -2.16. The Kier molecular flexibility index (Phi) is 3.95. The van der Waals surface area contributed by atoms with Crippen LogP contribution in [0.4, 0.5) is 0 Å². The zero-order valence-corrected chi connectivity index (χ0v) is 20.2. The molecular formula is C25H24ClN5OS. The van der Waals surface area contributed by atoms with Gasteiger partial charge in [-0.15, -0.1) is 21.5 Å². The quantitative estimate of drug-likeness (QED) is 0.603. The van der Waals surface area contributed by atoms with E-state index in [1.165, 1.54) is 10.4 Å². The van der Waals surface area contributed by atoms with Crippen LogP contribution in [0.5, 0.6) is 0 Å². The highest BCUT2D eigenvalue weighted by Gasteiger charge is 2.52. The fourth-order valence-corrected chi connectivity index (χ4v) is 6.93. The van der Waals surface area contributed by atoms with E-state index in [4.69, 9.17) is 16.6 Å². The molecule has 0 unspecified atom stereocenters. The highest BCUT2D eigenvalue weighted by atomic mass is 35.5. The fraction of sp³-hybridized carbons (Fsp3) is 0.440. The van der Waals surface area contributed by atoms with Crippen LogP contribution in [-0.4, -0.2) is 31.9 Å². The first kappa shape index (κ1) is 19.9. The maximum atomic E-state index is 13.1. The highest BCUT2D eigenvalue weighted by molar-refractivity contribution is 7.15. The van der Waals surface area contributed by atoms with Crippen LogP contribution in [-0.2, 0) is 23.2 Å². The summed E-state index contributed by atoms with van der Waals surface area (Å²) in [7, 11) is 0. The van der Waals surface area contributed by atoms with E-state index in [9.17, 15) is 4.79 Å². The van der Waals surface area contributed by atoms with Gasteiger partial charge in [-0.25, -0.2) is 0 Å². The number of fused-ring (bicyclic) bond motifs is 6. The Labute approximate surface area is 201 Å². The summed E-state index contributed by atoms with van der Waals surface area (Å²) >= 11 is 8.47. The van der Waals surface area contributed by atoms with Crippen molar-refractivity contribution in [3.8, 4) is 5.00 Å². The molecule has 2 fully saturated rings. The van der Waals surface area contributed by atoms with Gasteiger partial charge in [-0.3, -0.25) is 14.4 Å². The van der Waals surface area contributed by atoms with Crippen molar-refractivity contribution >= 4 is 34.6 Å². The van der Waals surface area contributed by atoms with Crippen molar-refractivity contribution in [2.75, 3.05) is 0 Å². The lowest BCUT2D eigenvalue weighted by atomic mass is 9.97. The number of aromatic nitrogens is 3.